The molecule has 5 rings (SSSR count). The molecule has 0 saturated carbocycles. The van der Waals surface area contributed by atoms with Gasteiger partial charge in [0.25, 0.3) is 0 Å². The second kappa shape index (κ2) is 32.3. The number of carboxylic acids is 2. The van der Waals surface area contributed by atoms with Gasteiger partial charge >= 0.3 is 23.9 Å². The number of rotatable bonds is 34. The van der Waals surface area contributed by atoms with Crippen molar-refractivity contribution >= 4 is 79.3 Å². The number of carbonyl (C=O) groups excluding carboxylic acids is 2. The van der Waals surface area contributed by atoms with Gasteiger partial charge in [0, 0.05) is 57.0 Å². The molecule has 0 aliphatic rings. The molecule has 0 saturated heterocycles. The summed E-state index contributed by atoms with van der Waals surface area (Å²) in [4.78, 5) is 57.4. The average Bonchev–Trinajstić information content (AvgIpc) is 1.13. The lowest BCUT2D eigenvalue weighted by Crippen LogP contribution is -2.34. The molecule has 2 heterocycles. The summed E-state index contributed by atoms with van der Waals surface area (Å²) < 4.78 is 36.0. The number of anilines is 2. The molecule has 2 N–H and O–H groups in total. The highest BCUT2D eigenvalue weighted by atomic mass is 32.1. The van der Waals surface area contributed by atoms with Crippen molar-refractivity contribution in [2.75, 3.05) is 75.6 Å². The lowest BCUT2D eigenvalue weighted by atomic mass is 9.97. The second-order valence-corrected chi connectivity index (χ2v) is 25.7. The topological polar surface area (TPSA) is 315 Å². The molecule has 2 aromatic heterocycles. The van der Waals surface area contributed by atoms with Gasteiger partial charge in [0.1, 0.15) is 39.6 Å². The number of azo groups is 2. The quantitative estimate of drug-likeness (QED) is 0.0219. The van der Waals surface area contributed by atoms with Gasteiger partial charge in [-0.1, -0.05) is 0 Å². The number of aromatic carboxylic acids is 2. The number of carboxylic acid groups (broad SMARTS) is 2. The van der Waals surface area contributed by atoms with Crippen molar-refractivity contribution in [2.24, 2.45) is 20.5 Å². The van der Waals surface area contributed by atoms with Gasteiger partial charge in [-0.15, -0.1) is 43.1 Å². The van der Waals surface area contributed by atoms with E-state index in [4.69, 9.17) is 28.4 Å². The molecule has 90 heavy (non-hydrogen) atoms. The number of esters is 2. The van der Waals surface area contributed by atoms with Crippen LogP contribution in [-0.2, 0) is 28.4 Å². The zero-order chi connectivity index (χ0) is 66.7. The molecule has 0 aliphatic heterocycles. The van der Waals surface area contributed by atoms with E-state index in [-0.39, 0.29) is 26.1 Å². The highest BCUT2D eigenvalue weighted by Gasteiger charge is 2.32. The van der Waals surface area contributed by atoms with Crippen molar-refractivity contribution in [1.82, 2.24) is 0 Å². The molecule has 0 aliphatic carbocycles. The molecule has 0 atom stereocenters. The van der Waals surface area contributed by atoms with Crippen LogP contribution in [0.25, 0.3) is 0 Å². The number of carbonyl (C=O) groups is 4. The third-order valence-corrected chi connectivity index (χ3v) is 17.2. The van der Waals surface area contributed by atoms with Crippen molar-refractivity contribution in [1.29, 1.82) is 21.0 Å². The smallest absolute Gasteiger partial charge is 0.339 e. The van der Waals surface area contributed by atoms with Crippen molar-refractivity contribution in [3.05, 3.63) is 114 Å². The van der Waals surface area contributed by atoms with Gasteiger partial charge in [0.05, 0.1) is 94.6 Å². The van der Waals surface area contributed by atoms with Crippen LogP contribution in [0.5, 0.6) is 0 Å². The fraction of sp³-hybridized carbons (Fsp3) is 0.485. The Morgan fingerprint density at radius 1 is 0.500 bits per heavy atom. The van der Waals surface area contributed by atoms with E-state index in [0.717, 1.165) is 63.9 Å². The standard InChI is InChI=1S/C66H80N10O12S2/c1-15-75(45-17-19-53(41(3)33-45)71-73-57-51(37-67)43(5)55(39-69)89-57)25-31-83-27-21-63(7,8)86-30-24-66(13,14)88-62(82)50-36-47(59(77)78)49(35-48(50)60(79)80)61(81)84-28-22-64(9,10)85-29-23-65(11,12)87-32-26-76(16-2)46-18-20-54(42(4)34-46)72-74-58-52(38-68)44(6)56(40-70)90-58/h17-20,33-36H,15-16,21-32H2,1-14H3,(H,77,78)(H,79,80). The zero-order valence-corrected chi connectivity index (χ0v) is 55.4. The van der Waals surface area contributed by atoms with E-state index in [2.05, 4.69) is 54.5 Å². The molecule has 0 bridgehead atoms. The molecule has 0 fully saturated rings. The summed E-state index contributed by atoms with van der Waals surface area (Å²) in [5, 5.41) is 76.4. The Morgan fingerprint density at radius 3 is 1.31 bits per heavy atom. The molecular formula is C66H80N10O12S2. The number of nitrogens with zero attached hydrogens (tertiary/aromatic N) is 10. The first-order valence-corrected chi connectivity index (χ1v) is 31.0. The summed E-state index contributed by atoms with van der Waals surface area (Å²) >= 11 is 2.27. The molecule has 5 aromatic rings. The fourth-order valence-corrected chi connectivity index (χ4v) is 10.9. The van der Waals surface area contributed by atoms with Gasteiger partial charge in [-0.2, -0.15) is 21.0 Å². The summed E-state index contributed by atoms with van der Waals surface area (Å²) in [6.45, 7) is 30.2. The minimum Gasteiger partial charge on any atom is -0.478 e. The SMILES string of the molecule is CCN(CCOCCC(C)(C)OCCC(C)(C)OC(=O)c1cc(C(=O)O)c(C(=O)OCCC(C)(C)OCCC(C)(C)OCCN(CC)c2ccc(N=Nc3sc(C#N)c(C)c3C#N)c(C)c2)cc1C(=O)O)c1ccc(N=Nc2sc(C#N)c(C)c2C#N)c(C)c1. The lowest BCUT2D eigenvalue weighted by molar-refractivity contribution is -0.0770. The summed E-state index contributed by atoms with van der Waals surface area (Å²) in [6, 6.07) is 21.7. The minimum absolute atomic E-state index is 0.149. The Bertz CT molecular complexity index is 3650. The molecule has 0 spiro atoms. The van der Waals surface area contributed by atoms with Crippen LogP contribution in [0.3, 0.4) is 0 Å². The first-order chi connectivity index (χ1) is 42.4. The van der Waals surface area contributed by atoms with E-state index in [0.29, 0.717) is 112 Å². The number of nitriles is 4. The molecule has 0 unspecified atom stereocenters. The molecule has 22 nitrogen and oxygen atoms in total. The van der Waals surface area contributed by atoms with Crippen LogP contribution in [0.4, 0.5) is 32.8 Å². The highest BCUT2D eigenvalue weighted by molar-refractivity contribution is 7.17. The van der Waals surface area contributed by atoms with Crippen molar-refractivity contribution in [2.45, 2.75) is 145 Å². The normalized spacial score (nSPS) is 11.9. The predicted molar refractivity (Wildman–Crippen MR) is 343 cm³/mol. The first kappa shape index (κ1) is 72.3. The number of hydrogen-bond donors (Lipinski definition) is 2. The monoisotopic (exact) mass is 1270 g/mol. The lowest BCUT2D eigenvalue weighted by Gasteiger charge is -2.31. The summed E-state index contributed by atoms with van der Waals surface area (Å²) in [6.07, 6.45) is 1.46. The number of thiophene rings is 2. The maximum atomic E-state index is 13.7. The third-order valence-electron chi connectivity index (χ3n) is 15.0. The molecule has 478 valence electrons. The van der Waals surface area contributed by atoms with E-state index < -0.39 is 68.5 Å². The van der Waals surface area contributed by atoms with Crippen LogP contribution in [0.1, 0.15) is 179 Å². The van der Waals surface area contributed by atoms with E-state index in [9.17, 15) is 50.4 Å². The van der Waals surface area contributed by atoms with Gasteiger partial charge in [0.15, 0.2) is 10.0 Å². The third kappa shape index (κ3) is 20.3. The Kier molecular flexibility index (Phi) is 26.0. The second-order valence-electron chi connectivity index (χ2n) is 23.7. The van der Waals surface area contributed by atoms with Crippen molar-refractivity contribution < 1.29 is 57.8 Å². The zero-order valence-electron chi connectivity index (χ0n) is 53.8. The van der Waals surface area contributed by atoms with Gasteiger partial charge in [-0.3, -0.25) is 0 Å². The number of hydrogen-bond acceptors (Lipinski definition) is 22. The van der Waals surface area contributed by atoms with Crippen LogP contribution in [0.2, 0.25) is 0 Å². The van der Waals surface area contributed by atoms with Gasteiger partial charge in [-0.25, -0.2) is 19.2 Å². The van der Waals surface area contributed by atoms with Crippen LogP contribution >= 0.6 is 22.7 Å². The molecule has 0 radical (unpaired) electrons. The minimum atomic E-state index is -1.59. The van der Waals surface area contributed by atoms with Gasteiger partial charge in [-0.05, 0) is 181 Å². The molecule has 3 aromatic carbocycles. The summed E-state index contributed by atoms with van der Waals surface area (Å²) in [5.74, 6) is -5.38. The van der Waals surface area contributed by atoms with Gasteiger partial charge in [0.2, 0.25) is 0 Å². The van der Waals surface area contributed by atoms with Crippen LogP contribution in [0, 0.1) is 73.0 Å². The average molecular weight is 1270 g/mol. The number of aryl methyl sites for hydroxylation is 2. The number of ether oxygens (including phenoxy) is 6. The Hall–Kier alpha value is -8.46. The fourth-order valence-electron chi connectivity index (χ4n) is 9.15. The van der Waals surface area contributed by atoms with Crippen molar-refractivity contribution in [3.8, 4) is 24.3 Å². The molecule has 24 heteroatoms. The van der Waals surface area contributed by atoms with Gasteiger partial charge < -0.3 is 48.4 Å². The number of benzene rings is 3. The largest absolute Gasteiger partial charge is 0.478 e. The van der Waals surface area contributed by atoms with E-state index in [1.807, 2.05) is 106 Å². The van der Waals surface area contributed by atoms with E-state index >= 15 is 0 Å². The van der Waals surface area contributed by atoms with Crippen LogP contribution in [-0.4, -0.2) is 122 Å². The molecule has 0 amide bonds. The van der Waals surface area contributed by atoms with Crippen LogP contribution in [0.15, 0.2) is 69.0 Å². The maximum absolute atomic E-state index is 13.7. The Labute approximate surface area is 534 Å². The van der Waals surface area contributed by atoms with Crippen LogP contribution < -0.4 is 9.80 Å². The predicted octanol–water partition coefficient (Wildman–Crippen LogP) is 14.9. The van der Waals surface area contributed by atoms with E-state index in [1.54, 1.807) is 27.7 Å². The summed E-state index contributed by atoms with van der Waals surface area (Å²) in [7, 11) is 0. The van der Waals surface area contributed by atoms with Crippen molar-refractivity contribution in [3.63, 3.8) is 0 Å². The maximum Gasteiger partial charge on any atom is 0.339 e. The highest BCUT2D eigenvalue weighted by Crippen LogP contribution is 2.38. The molecular weight excluding hydrogens is 1190 g/mol. The Balaban J connectivity index is 1.05. The Morgan fingerprint density at radius 2 is 0.900 bits per heavy atom. The van der Waals surface area contributed by atoms with E-state index in [1.165, 1.54) is 0 Å². The first-order valence-electron chi connectivity index (χ1n) is 29.4. The number of likely N-dealkylation sites (N-methyl/N-ethyl adjacent to an activating group) is 2. The summed E-state index contributed by atoms with van der Waals surface area (Å²) in [5.41, 5.74) is 1.31.